The van der Waals surface area contributed by atoms with Gasteiger partial charge in [0.1, 0.15) is 5.82 Å². The van der Waals surface area contributed by atoms with Gasteiger partial charge in [-0.2, -0.15) is 13.2 Å². The molecule has 2 aliphatic heterocycles. The van der Waals surface area contributed by atoms with Gasteiger partial charge in [-0.25, -0.2) is 9.78 Å². The number of hydrogen-bond acceptors (Lipinski definition) is 8. The number of H-pyrrole nitrogens is 1. The second kappa shape index (κ2) is 10.5. The van der Waals surface area contributed by atoms with Gasteiger partial charge in [0, 0.05) is 49.7 Å². The zero-order valence-corrected chi connectivity index (χ0v) is 18.1. The number of nitrogens with zero attached hydrogens (tertiary/aromatic N) is 2. The molecule has 2 aliphatic rings. The van der Waals surface area contributed by atoms with Crippen LogP contribution in [0.5, 0.6) is 0 Å². The van der Waals surface area contributed by atoms with Crippen LogP contribution >= 0.6 is 11.8 Å². The van der Waals surface area contributed by atoms with Crippen LogP contribution in [0.3, 0.4) is 0 Å². The number of piperazine rings is 1. The normalized spacial score (nSPS) is 17.3. The molecule has 4 heterocycles. The Kier molecular flexibility index (Phi) is 7.73. The molecule has 2 aromatic rings. The zero-order chi connectivity index (χ0) is 24.9. The van der Waals surface area contributed by atoms with E-state index in [2.05, 4.69) is 25.5 Å². The first kappa shape index (κ1) is 25.0. The summed E-state index contributed by atoms with van der Waals surface area (Å²) in [6.45, 7) is 3.64. The van der Waals surface area contributed by atoms with Crippen molar-refractivity contribution in [2.45, 2.75) is 6.18 Å². The number of alkyl halides is 3. The lowest BCUT2D eigenvalue weighted by molar-refractivity contribution is -0.192. The number of aliphatic carboxylic acids is 1. The van der Waals surface area contributed by atoms with E-state index in [0.29, 0.717) is 21.6 Å². The van der Waals surface area contributed by atoms with Crippen LogP contribution in [0.2, 0.25) is 0 Å². The Balaban J connectivity index is 0.000000406. The Hall–Kier alpha value is -3.65. The van der Waals surface area contributed by atoms with Crippen LogP contribution in [0, 0.1) is 0 Å². The van der Waals surface area contributed by atoms with E-state index in [1.165, 1.54) is 6.20 Å². The molecule has 2 amide bonds. The summed E-state index contributed by atoms with van der Waals surface area (Å²) in [7, 11) is 0. The number of halogens is 3. The molecule has 0 bridgehead atoms. The van der Waals surface area contributed by atoms with Crippen LogP contribution in [-0.2, 0) is 9.59 Å². The Labute approximate surface area is 194 Å². The first-order valence-electron chi connectivity index (χ1n) is 9.74. The van der Waals surface area contributed by atoms with Gasteiger partial charge >= 0.3 is 12.1 Å². The Morgan fingerprint density at radius 1 is 1.18 bits per heavy atom. The average Bonchev–Trinajstić information content (AvgIpc) is 3.12. The lowest BCUT2D eigenvalue weighted by Crippen LogP contribution is -2.43. The topological polar surface area (TPSA) is 144 Å². The number of pyridine rings is 2. The summed E-state index contributed by atoms with van der Waals surface area (Å²) in [5.74, 6) is -2.31. The maximum absolute atomic E-state index is 12.3. The number of rotatable bonds is 3. The summed E-state index contributed by atoms with van der Waals surface area (Å²) < 4.78 is 31.7. The molecule has 2 fully saturated rings. The van der Waals surface area contributed by atoms with E-state index in [4.69, 9.17) is 9.90 Å². The quantitative estimate of drug-likeness (QED) is 0.467. The van der Waals surface area contributed by atoms with Gasteiger partial charge in [-0.05, 0) is 41.6 Å². The van der Waals surface area contributed by atoms with E-state index in [1.807, 2.05) is 12.1 Å². The molecule has 0 aliphatic carbocycles. The number of hydrogen-bond donors (Lipinski definition) is 4. The van der Waals surface area contributed by atoms with Crippen molar-refractivity contribution in [1.82, 2.24) is 20.6 Å². The van der Waals surface area contributed by atoms with Gasteiger partial charge in [0.25, 0.3) is 16.7 Å². The number of aromatic nitrogens is 2. The fraction of sp³-hybridized carbons (Fsp3) is 0.250. The van der Waals surface area contributed by atoms with Crippen molar-refractivity contribution in [3.8, 4) is 11.1 Å². The second-order valence-corrected chi connectivity index (χ2v) is 7.99. The summed E-state index contributed by atoms with van der Waals surface area (Å²) in [6, 6.07) is 5.46. The van der Waals surface area contributed by atoms with Gasteiger partial charge < -0.3 is 20.3 Å². The summed E-state index contributed by atoms with van der Waals surface area (Å²) in [5, 5.41) is 12.2. The van der Waals surface area contributed by atoms with E-state index < -0.39 is 23.3 Å². The number of anilines is 1. The fourth-order valence-corrected chi connectivity index (χ4v) is 3.68. The van der Waals surface area contributed by atoms with Crippen LogP contribution in [0.1, 0.15) is 5.56 Å². The molecule has 34 heavy (non-hydrogen) atoms. The number of carboxylic acid groups (broad SMARTS) is 1. The van der Waals surface area contributed by atoms with E-state index in [-0.39, 0.29) is 5.56 Å². The molecule has 4 N–H and O–H groups in total. The number of carbonyl (C=O) groups excluding carboxylic acids is 2. The van der Waals surface area contributed by atoms with Gasteiger partial charge in [-0.15, -0.1) is 0 Å². The molecular formula is C20H18F3N5O5S. The molecule has 0 radical (unpaired) electrons. The third-order valence-electron chi connectivity index (χ3n) is 4.61. The smallest absolute Gasteiger partial charge is 0.475 e. The molecule has 14 heteroatoms. The SMILES string of the molecule is O=C(O)C(F)(F)F.O=C1NC(=O)/C(=C/c2c[nH]c(=O)c(-c3ccc(N4CCNCC4)nc3)c2)S1. The third kappa shape index (κ3) is 6.45. The molecule has 2 saturated heterocycles. The lowest BCUT2D eigenvalue weighted by atomic mass is 10.1. The van der Waals surface area contributed by atoms with E-state index in [1.54, 1.807) is 18.3 Å². The molecule has 0 spiro atoms. The van der Waals surface area contributed by atoms with Gasteiger partial charge in [0.05, 0.1) is 4.91 Å². The Morgan fingerprint density at radius 3 is 2.38 bits per heavy atom. The molecule has 10 nitrogen and oxygen atoms in total. The minimum Gasteiger partial charge on any atom is -0.475 e. The Bertz CT molecular complexity index is 1170. The molecule has 0 atom stereocenters. The summed E-state index contributed by atoms with van der Waals surface area (Å²) in [5.41, 5.74) is 1.53. The zero-order valence-electron chi connectivity index (χ0n) is 17.3. The van der Waals surface area contributed by atoms with Crippen molar-refractivity contribution >= 4 is 40.8 Å². The minimum atomic E-state index is -5.08. The van der Waals surface area contributed by atoms with Gasteiger partial charge in [0.2, 0.25) is 0 Å². The predicted molar refractivity (Wildman–Crippen MR) is 118 cm³/mol. The van der Waals surface area contributed by atoms with Crippen molar-refractivity contribution < 1.29 is 32.7 Å². The van der Waals surface area contributed by atoms with Crippen LogP contribution in [0.4, 0.5) is 23.8 Å². The highest BCUT2D eigenvalue weighted by Gasteiger charge is 2.38. The second-order valence-electron chi connectivity index (χ2n) is 6.97. The number of amides is 2. The van der Waals surface area contributed by atoms with Crippen molar-refractivity contribution in [1.29, 1.82) is 0 Å². The lowest BCUT2D eigenvalue weighted by Gasteiger charge is -2.28. The summed E-state index contributed by atoms with van der Waals surface area (Å²) in [4.78, 5) is 53.8. The van der Waals surface area contributed by atoms with Crippen molar-refractivity contribution in [3.05, 3.63) is 51.4 Å². The van der Waals surface area contributed by atoms with Crippen LogP contribution in [0.15, 0.2) is 40.3 Å². The van der Waals surface area contributed by atoms with Crippen LogP contribution in [0.25, 0.3) is 17.2 Å². The molecule has 2 aromatic heterocycles. The minimum absolute atomic E-state index is 0.242. The van der Waals surface area contributed by atoms with E-state index >= 15 is 0 Å². The van der Waals surface area contributed by atoms with Crippen LogP contribution in [-0.4, -0.2) is 64.5 Å². The van der Waals surface area contributed by atoms with Gasteiger partial charge in [0.15, 0.2) is 0 Å². The first-order chi connectivity index (χ1) is 16.0. The summed E-state index contributed by atoms with van der Waals surface area (Å²) >= 11 is 0.839. The highest BCUT2D eigenvalue weighted by Crippen LogP contribution is 2.26. The summed E-state index contributed by atoms with van der Waals surface area (Å²) in [6.07, 6.45) is -0.315. The monoisotopic (exact) mass is 497 g/mol. The standard InChI is InChI=1S/C18H17N5O3S.C2HF3O2/c24-16-13(7-11(9-21-16)8-14-17(25)22-18(26)27-14)12-1-2-15(20-10-12)23-5-3-19-4-6-23;3-2(4,5)1(6)7/h1-2,7-10,19H,3-6H2,(H,21,24)(H,22,25,26);(H,6,7)/b14-8-;. The molecule has 0 aromatic carbocycles. The Morgan fingerprint density at radius 2 is 1.85 bits per heavy atom. The van der Waals surface area contributed by atoms with Gasteiger partial charge in [-0.1, -0.05) is 0 Å². The maximum Gasteiger partial charge on any atom is 0.490 e. The molecule has 0 saturated carbocycles. The van der Waals surface area contributed by atoms with E-state index in [0.717, 1.165) is 43.8 Å². The van der Waals surface area contributed by atoms with Crippen molar-refractivity contribution in [3.63, 3.8) is 0 Å². The molecule has 0 unspecified atom stereocenters. The number of carboxylic acids is 1. The maximum atomic E-state index is 12.3. The van der Waals surface area contributed by atoms with E-state index in [9.17, 15) is 27.6 Å². The first-order valence-corrected chi connectivity index (χ1v) is 10.6. The number of aromatic amines is 1. The molecule has 4 rings (SSSR count). The van der Waals surface area contributed by atoms with Crippen molar-refractivity contribution in [2.75, 3.05) is 31.1 Å². The number of carbonyl (C=O) groups is 3. The number of imide groups is 1. The predicted octanol–water partition coefficient (Wildman–Crippen LogP) is 1.80. The van der Waals surface area contributed by atoms with Gasteiger partial charge in [-0.3, -0.25) is 19.7 Å². The highest BCUT2D eigenvalue weighted by atomic mass is 32.2. The highest BCUT2D eigenvalue weighted by molar-refractivity contribution is 8.18. The third-order valence-corrected chi connectivity index (χ3v) is 5.42. The number of thioether (sulfide) groups is 1. The van der Waals surface area contributed by atoms with Crippen molar-refractivity contribution in [2.24, 2.45) is 0 Å². The average molecular weight is 497 g/mol. The molecular weight excluding hydrogens is 479 g/mol. The fourth-order valence-electron chi connectivity index (χ4n) is 3.00. The number of nitrogens with one attached hydrogen (secondary N) is 3. The largest absolute Gasteiger partial charge is 0.490 e. The van der Waals surface area contributed by atoms with Crippen LogP contribution < -0.4 is 21.1 Å². The molecule has 180 valence electrons.